The Labute approximate surface area is 84.9 Å². The van der Waals surface area contributed by atoms with Gasteiger partial charge in [0.15, 0.2) is 5.96 Å². The van der Waals surface area contributed by atoms with Crippen LogP contribution in [0.1, 0.15) is 26.2 Å². The molecule has 0 aromatic heterocycles. The molecule has 4 heteroatoms. The van der Waals surface area contributed by atoms with E-state index >= 15 is 0 Å². The van der Waals surface area contributed by atoms with E-state index in [-0.39, 0.29) is 0 Å². The Kier molecular flexibility index (Phi) is 2.91. The van der Waals surface area contributed by atoms with Crippen LogP contribution in [0, 0.1) is 5.92 Å². The van der Waals surface area contributed by atoms with Crippen LogP contribution < -0.4 is 11.1 Å². The maximum absolute atomic E-state index is 5.78. The van der Waals surface area contributed by atoms with Gasteiger partial charge in [0.1, 0.15) is 0 Å². The zero-order valence-electron chi connectivity index (χ0n) is 8.70. The third kappa shape index (κ3) is 2.61. The number of aliphatic imine (C=N–C) groups is 1. The summed E-state index contributed by atoms with van der Waals surface area (Å²) in [5, 5.41) is 3.24. The van der Waals surface area contributed by atoms with Gasteiger partial charge in [-0.05, 0) is 26.2 Å². The number of guanidine groups is 1. The second-order valence-corrected chi connectivity index (χ2v) is 4.30. The molecule has 14 heavy (non-hydrogen) atoms. The van der Waals surface area contributed by atoms with Gasteiger partial charge < -0.3 is 15.8 Å². The van der Waals surface area contributed by atoms with Gasteiger partial charge in [0.2, 0.25) is 0 Å². The number of hydrogen-bond acceptors (Lipinski definition) is 2. The van der Waals surface area contributed by atoms with Crippen LogP contribution in [0.2, 0.25) is 0 Å². The number of nitrogens with zero attached hydrogens (tertiary/aromatic N) is 1. The lowest BCUT2D eigenvalue weighted by molar-refractivity contribution is 0.180. The van der Waals surface area contributed by atoms with Crippen molar-refractivity contribution in [2.45, 2.75) is 38.3 Å². The Bertz CT molecular complexity index is 219. The maximum Gasteiger partial charge on any atom is 0.189 e. The van der Waals surface area contributed by atoms with Crippen molar-refractivity contribution in [2.24, 2.45) is 16.6 Å². The zero-order valence-corrected chi connectivity index (χ0v) is 8.70. The molecule has 0 spiro atoms. The van der Waals surface area contributed by atoms with E-state index in [1.54, 1.807) is 0 Å². The van der Waals surface area contributed by atoms with Gasteiger partial charge >= 0.3 is 0 Å². The van der Waals surface area contributed by atoms with Crippen molar-refractivity contribution in [1.82, 2.24) is 5.32 Å². The van der Waals surface area contributed by atoms with Crippen molar-refractivity contribution < 1.29 is 4.74 Å². The number of nitrogens with two attached hydrogens (primary N) is 1. The van der Waals surface area contributed by atoms with Crippen molar-refractivity contribution in [3.05, 3.63) is 0 Å². The van der Waals surface area contributed by atoms with E-state index in [0.717, 1.165) is 19.6 Å². The lowest BCUT2D eigenvalue weighted by Gasteiger charge is -2.19. The number of ether oxygens (including phenoxy) is 1. The molecule has 2 atom stereocenters. The van der Waals surface area contributed by atoms with Crippen LogP contribution in [0.3, 0.4) is 0 Å². The fraction of sp³-hybridized carbons (Fsp3) is 0.900. The van der Waals surface area contributed by atoms with E-state index in [0.29, 0.717) is 24.0 Å². The van der Waals surface area contributed by atoms with Crippen LogP contribution in [-0.4, -0.2) is 31.3 Å². The fourth-order valence-corrected chi connectivity index (χ4v) is 1.74. The Morgan fingerprint density at radius 2 is 2.29 bits per heavy atom. The van der Waals surface area contributed by atoms with Gasteiger partial charge in [-0.1, -0.05) is 0 Å². The number of nitrogens with one attached hydrogen (secondary N) is 1. The molecule has 1 saturated carbocycles. The third-order valence-electron chi connectivity index (χ3n) is 2.92. The van der Waals surface area contributed by atoms with Gasteiger partial charge in [-0.2, -0.15) is 0 Å². The first-order valence-electron chi connectivity index (χ1n) is 5.43. The molecule has 1 saturated heterocycles. The smallest absolute Gasteiger partial charge is 0.189 e. The van der Waals surface area contributed by atoms with Crippen LogP contribution in [0.5, 0.6) is 0 Å². The van der Waals surface area contributed by atoms with Crippen molar-refractivity contribution in [3.8, 4) is 0 Å². The summed E-state index contributed by atoms with van der Waals surface area (Å²) in [7, 11) is 0. The lowest BCUT2D eigenvalue weighted by atomic mass is 10.0. The van der Waals surface area contributed by atoms with Gasteiger partial charge in [0.05, 0.1) is 12.6 Å². The van der Waals surface area contributed by atoms with Crippen LogP contribution in [0.15, 0.2) is 4.99 Å². The van der Waals surface area contributed by atoms with Crippen molar-refractivity contribution in [3.63, 3.8) is 0 Å². The molecule has 0 bridgehead atoms. The first-order valence-corrected chi connectivity index (χ1v) is 5.43. The predicted molar refractivity (Wildman–Crippen MR) is 56.2 cm³/mol. The van der Waals surface area contributed by atoms with Gasteiger partial charge in [-0.3, -0.25) is 4.99 Å². The van der Waals surface area contributed by atoms with Gasteiger partial charge in [-0.15, -0.1) is 0 Å². The zero-order chi connectivity index (χ0) is 9.97. The molecular formula is C10H19N3O. The summed E-state index contributed by atoms with van der Waals surface area (Å²) in [5.74, 6) is 1.19. The van der Waals surface area contributed by atoms with Crippen molar-refractivity contribution in [1.29, 1.82) is 0 Å². The van der Waals surface area contributed by atoms with E-state index < -0.39 is 0 Å². The highest BCUT2D eigenvalue weighted by Gasteiger charge is 2.24. The summed E-state index contributed by atoms with van der Waals surface area (Å²) < 4.78 is 5.33. The average molecular weight is 197 g/mol. The SMILES string of the molecule is CC(NC(N)=NC1CC1)C1CCOC1. The average Bonchev–Trinajstić information content (AvgIpc) is 2.80. The molecule has 0 amide bonds. The third-order valence-corrected chi connectivity index (χ3v) is 2.92. The minimum absolute atomic E-state index is 0.375. The molecule has 0 aromatic carbocycles. The molecule has 1 heterocycles. The highest BCUT2D eigenvalue weighted by Crippen LogP contribution is 2.23. The highest BCUT2D eigenvalue weighted by molar-refractivity contribution is 5.78. The van der Waals surface area contributed by atoms with E-state index in [1.807, 2.05) is 0 Å². The fourth-order valence-electron chi connectivity index (χ4n) is 1.74. The van der Waals surface area contributed by atoms with E-state index in [4.69, 9.17) is 10.5 Å². The Morgan fingerprint density at radius 1 is 1.50 bits per heavy atom. The molecule has 2 fully saturated rings. The van der Waals surface area contributed by atoms with Crippen molar-refractivity contribution in [2.75, 3.05) is 13.2 Å². The summed E-state index contributed by atoms with van der Waals surface area (Å²) in [4.78, 5) is 4.34. The Hall–Kier alpha value is -0.770. The van der Waals surface area contributed by atoms with Crippen molar-refractivity contribution >= 4 is 5.96 Å². The molecule has 4 nitrogen and oxygen atoms in total. The maximum atomic E-state index is 5.78. The summed E-state index contributed by atoms with van der Waals surface area (Å²) in [5.41, 5.74) is 5.78. The molecule has 0 radical (unpaired) electrons. The van der Waals surface area contributed by atoms with Gasteiger partial charge in [0, 0.05) is 18.6 Å². The Balaban J connectivity index is 1.77. The first-order chi connectivity index (χ1) is 6.75. The topological polar surface area (TPSA) is 59.6 Å². The molecule has 80 valence electrons. The molecule has 3 N–H and O–H groups in total. The van der Waals surface area contributed by atoms with Crippen LogP contribution >= 0.6 is 0 Å². The lowest BCUT2D eigenvalue weighted by Crippen LogP contribution is -2.42. The first kappa shape index (κ1) is 9.77. The normalized spacial score (nSPS) is 30.4. The summed E-state index contributed by atoms with van der Waals surface area (Å²) in [6.07, 6.45) is 3.53. The second kappa shape index (κ2) is 4.17. The molecule has 1 aliphatic heterocycles. The van der Waals surface area contributed by atoms with Gasteiger partial charge in [-0.25, -0.2) is 0 Å². The van der Waals surface area contributed by atoms with Crippen LogP contribution in [0.4, 0.5) is 0 Å². The summed E-state index contributed by atoms with van der Waals surface area (Å²) in [6, 6.07) is 0.870. The van der Waals surface area contributed by atoms with E-state index in [9.17, 15) is 0 Å². The summed E-state index contributed by atoms with van der Waals surface area (Å²) >= 11 is 0. The minimum atomic E-state index is 0.375. The van der Waals surface area contributed by atoms with Gasteiger partial charge in [0.25, 0.3) is 0 Å². The van der Waals surface area contributed by atoms with Crippen LogP contribution in [0.25, 0.3) is 0 Å². The molecule has 1 aliphatic carbocycles. The molecular weight excluding hydrogens is 178 g/mol. The highest BCUT2D eigenvalue weighted by atomic mass is 16.5. The number of hydrogen-bond donors (Lipinski definition) is 2. The monoisotopic (exact) mass is 197 g/mol. The van der Waals surface area contributed by atoms with Crippen LogP contribution in [-0.2, 0) is 4.74 Å². The predicted octanol–water partition coefficient (Wildman–Crippen LogP) is 0.478. The quantitative estimate of drug-likeness (QED) is 0.511. The Morgan fingerprint density at radius 3 is 2.86 bits per heavy atom. The van der Waals surface area contributed by atoms with E-state index in [1.165, 1.54) is 12.8 Å². The molecule has 2 rings (SSSR count). The molecule has 2 unspecified atom stereocenters. The van der Waals surface area contributed by atoms with E-state index in [2.05, 4.69) is 17.2 Å². The second-order valence-electron chi connectivity index (χ2n) is 4.30. The molecule has 0 aromatic rings. The minimum Gasteiger partial charge on any atom is -0.381 e. The number of rotatable bonds is 3. The molecule has 2 aliphatic rings. The summed E-state index contributed by atoms with van der Waals surface area (Å²) in [6.45, 7) is 3.88. The largest absolute Gasteiger partial charge is 0.381 e. The standard InChI is InChI=1S/C10H19N3O/c1-7(8-4-5-14-6-8)12-10(11)13-9-2-3-9/h7-9H,2-6H2,1H3,(H3,11,12,13).